The summed E-state index contributed by atoms with van der Waals surface area (Å²) < 4.78 is 10.5. The monoisotopic (exact) mass is 604 g/mol. The van der Waals surface area contributed by atoms with Crippen LogP contribution >= 0.6 is 0 Å². The number of piperidine rings is 1. The molecule has 0 radical (unpaired) electrons. The second kappa shape index (κ2) is 14.1. The summed E-state index contributed by atoms with van der Waals surface area (Å²) >= 11 is 0. The predicted molar refractivity (Wildman–Crippen MR) is 168 cm³/mol. The number of methoxy groups -OCH3 is 2. The first-order valence-corrected chi connectivity index (χ1v) is 15.0. The van der Waals surface area contributed by atoms with E-state index >= 15 is 0 Å². The number of aromatic nitrogens is 3. The van der Waals surface area contributed by atoms with Crippen LogP contribution in [-0.2, 0) is 17.6 Å². The molecule has 1 fully saturated rings. The minimum atomic E-state index is -1.22. The number of carboxylic acids is 1. The molecular weight excluding hydrogens is 564 g/mol. The summed E-state index contributed by atoms with van der Waals surface area (Å²) in [6.45, 7) is 4.58. The van der Waals surface area contributed by atoms with Crippen LogP contribution in [0.5, 0.6) is 11.5 Å². The van der Waals surface area contributed by atoms with Gasteiger partial charge in [0.15, 0.2) is 11.5 Å². The van der Waals surface area contributed by atoms with E-state index in [0.717, 1.165) is 68.2 Å². The molecule has 4 heterocycles. The van der Waals surface area contributed by atoms with Gasteiger partial charge in [0.2, 0.25) is 0 Å². The summed E-state index contributed by atoms with van der Waals surface area (Å²) in [5, 5.41) is 21.5. The number of urea groups is 1. The molecule has 0 aliphatic carbocycles. The summed E-state index contributed by atoms with van der Waals surface area (Å²) in [4.78, 5) is 40.9. The third kappa shape index (κ3) is 7.04. The van der Waals surface area contributed by atoms with Crippen molar-refractivity contribution in [2.75, 3.05) is 61.2 Å². The Balaban J connectivity index is 1.20. The molecule has 2 aliphatic rings. The summed E-state index contributed by atoms with van der Waals surface area (Å²) in [5.74, 6) is 2.58. The molecule has 2 amide bonds. The fourth-order valence-electron chi connectivity index (χ4n) is 5.75. The average Bonchev–Trinajstić information content (AvgIpc) is 3.06. The van der Waals surface area contributed by atoms with Gasteiger partial charge in [-0.15, -0.1) is 0 Å². The van der Waals surface area contributed by atoms with Crippen molar-refractivity contribution >= 4 is 35.1 Å². The zero-order chi connectivity index (χ0) is 31.1. The predicted octanol–water partition coefficient (Wildman–Crippen LogP) is 3.88. The number of carbonyl (C=O) groups excluding carboxylic acids is 1. The molecule has 0 spiro atoms. The van der Waals surface area contributed by atoms with Gasteiger partial charge in [0.1, 0.15) is 29.8 Å². The van der Waals surface area contributed by atoms with Crippen molar-refractivity contribution in [2.24, 2.45) is 0 Å². The van der Waals surface area contributed by atoms with Crippen molar-refractivity contribution in [2.45, 2.75) is 51.0 Å². The van der Waals surface area contributed by atoms with E-state index in [2.05, 4.69) is 48.3 Å². The molecule has 3 aromatic rings. The number of benzene rings is 1. The SMILES string of the molecule is CCc1c(NC[C@H](NC(=O)Nc2ccc(OC)c(OC)c2)C(=O)O)ncnc1N1CCC(c2ccc3c(n2)NCCC3)CC1. The maximum absolute atomic E-state index is 12.7. The zero-order valence-electron chi connectivity index (χ0n) is 25.4. The Bertz CT molecular complexity index is 1480. The van der Waals surface area contributed by atoms with Gasteiger partial charge < -0.3 is 40.7 Å². The van der Waals surface area contributed by atoms with Gasteiger partial charge in [0.25, 0.3) is 0 Å². The van der Waals surface area contributed by atoms with Crippen LogP contribution in [0.4, 0.5) is 27.9 Å². The van der Waals surface area contributed by atoms with Crippen LogP contribution in [0.25, 0.3) is 0 Å². The number of hydrogen-bond donors (Lipinski definition) is 5. The van der Waals surface area contributed by atoms with Gasteiger partial charge in [-0.25, -0.2) is 24.5 Å². The molecule has 2 aliphatic heterocycles. The van der Waals surface area contributed by atoms with Gasteiger partial charge in [-0.05, 0) is 55.9 Å². The molecule has 0 unspecified atom stereocenters. The molecule has 1 saturated heterocycles. The maximum Gasteiger partial charge on any atom is 0.328 e. The second-order valence-electron chi connectivity index (χ2n) is 10.9. The van der Waals surface area contributed by atoms with Crippen LogP contribution < -0.4 is 35.6 Å². The molecule has 1 aromatic carbocycles. The number of anilines is 4. The highest BCUT2D eigenvalue weighted by Crippen LogP contribution is 2.33. The Hall–Kier alpha value is -4.81. The zero-order valence-corrected chi connectivity index (χ0v) is 25.4. The maximum atomic E-state index is 12.7. The smallest absolute Gasteiger partial charge is 0.328 e. The van der Waals surface area contributed by atoms with E-state index in [0.29, 0.717) is 35.3 Å². The summed E-state index contributed by atoms with van der Waals surface area (Å²) in [7, 11) is 3.01. The Morgan fingerprint density at radius 3 is 2.64 bits per heavy atom. The number of pyridine rings is 1. The molecule has 44 heavy (non-hydrogen) atoms. The largest absolute Gasteiger partial charge is 0.493 e. The van der Waals surface area contributed by atoms with E-state index in [1.165, 1.54) is 26.1 Å². The van der Waals surface area contributed by atoms with E-state index < -0.39 is 18.0 Å². The first-order valence-electron chi connectivity index (χ1n) is 15.0. The van der Waals surface area contributed by atoms with Crippen molar-refractivity contribution in [1.82, 2.24) is 20.3 Å². The fraction of sp³-hybridized carbons (Fsp3) is 0.452. The van der Waals surface area contributed by atoms with Gasteiger partial charge in [-0.2, -0.15) is 0 Å². The van der Waals surface area contributed by atoms with E-state index in [-0.39, 0.29) is 6.54 Å². The molecule has 0 bridgehead atoms. The lowest BCUT2D eigenvalue weighted by molar-refractivity contribution is -0.138. The molecule has 5 N–H and O–H groups in total. The van der Waals surface area contributed by atoms with E-state index in [4.69, 9.17) is 14.5 Å². The number of aryl methyl sites for hydroxylation is 1. The molecular formula is C31H40N8O5. The van der Waals surface area contributed by atoms with E-state index in [1.54, 1.807) is 18.2 Å². The van der Waals surface area contributed by atoms with Gasteiger partial charge in [0.05, 0.1) is 14.2 Å². The highest BCUT2D eigenvalue weighted by Gasteiger charge is 2.27. The number of fused-ring (bicyclic) bond motifs is 1. The van der Waals surface area contributed by atoms with Crippen LogP contribution in [0.15, 0.2) is 36.7 Å². The molecule has 5 rings (SSSR count). The Labute approximate surface area is 256 Å². The highest BCUT2D eigenvalue weighted by molar-refractivity contribution is 5.92. The van der Waals surface area contributed by atoms with Crippen LogP contribution in [0.3, 0.4) is 0 Å². The number of rotatable bonds is 11. The number of amides is 2. The third-order valence-corrected chi connectivity index (χ3v) is 8.12. The summed E-state index contributed by atoms with van der Waals surface area (Å²) in [6, 6.07) is 7.38. The number of carboxylic acid groups (broad SMARTS) is 1. The van der Waals surface area contributed by atoms with Crippen LogP contribution in [0.2, 0.25) is 0 Å². The van der Waals surface area contributed by atoms with Crippen molar-refractivity contribution in [3.8, 4) is 11.5 Å². The average molecular weight is 605 g/mol. The van der Waals surface area contributed by atoms with Crippen molar-refractivity contribution in [3.63, 3.8) is 0 Å². The molecule has 13 heteroatoms. The number of nitrogens with one attached hydrogen (secondary N) is 4. The lowest BCUT2D eigenvalue weighted by Crippen LogP contribution is -2.47. The molecule has 1 atom stereocenters. The van der Waals surface area contributed by atoms with Crippen molar-refractivity contribution in [3.05, 3.63) is 53.5 Å². The standard InChI is InChI=1S/C31H40N8O5/c1-4-22-28(33-17-24(30(40)41)38-31(42)36-21-8-10-25(43-2)26(16-21)44-3)34-18-35-29(22)39-14-11-19(12-15-39)23-9-7-20-6-5-13-32-27(20)37-23/h7-10,16,18-19,24H,4-6,11-15,17H2,1-3H3,(H,32,37)(H,40,41)(H,33,34,35)(H2,36,38,42)/t24-/m0/s1. The van der Waals surface area contributed by atoms with Crippen molar-refractivity contribution < 1.29 is 24.2 Å². The van der Waals surface area contributed by atoms with Crippen LogP contribution in [0.1, 0.15) is 48.9 Å². The summed E-state index contributed by atoms with van der Waals surface area (Å²) in [6.07, 6.45) is 6.29. The lowest BCUT2D eigenvalue weighted by atomic mass is 9.92. The Morgan fingerprint density at radius 1 is 1.11 bits per heavy atom. The summed E-state index contributed by atoms with van der Waals surface area (Å²) in [5.41, 5.74) is 3.76. The quantitative estimate of drug-likeness (QED) is 0.216. The minimum absolute atomic E-state index is 0.0712. The number of aliphatic carboxylic acids is 1. The van der Waals surface area contributed by atoms with Crippen molar-refractivity contribution in [1.29, 1.82) is 0 Å². The van der Waals surface area contributed by atoms with Crippen LogP contribution in [0, 0.1) is 0 Å². The Kier molecular flexibility index (Phi) is 9.82. The first kappa shape index (κ1) is 30.6. The number of carbonyl (C=O) groups is 2. The third-order valence-electron chi connectivity index (χ3n) is 8.12. The topological polar surface area (TPSA) is 163 Å². The van der Waals surface area contributed by atoms with Gasteiger partial charge in [-0.1, -0.05) is 13.0 Å². The van der Waals surface area contributed by atoms with E-state index in [1.807, 2.05) is 6.92 Å². The Morgan fingerprint density at radius 2 is 1.91 bits per heavy atom. The molecule has 0 saturated carbocycles. The number of nitrogens with zero attached hydrogens (tertiary/aromatic N) is 4. The van der Waals surface area contributed by atoms with Gasteiger partial charge in [-0.3, -0.25) is 0 Å². The second-order valence-corrected chi connectivity index (χ2v) is 10.9. The number of ether oxygens (including phenoxy) is 2. The highest BCUT2D eigenvalue weighted by atomic mass is 16.5. The fourth-order valence-corrected chi connectivity index (χ4v) is 5.75. The van der Waals surface area contributed by atoms with Gasteiger partial charge >= 0.3 is 12.0 Å². The minimum Gasteiger partial charge on any atom is -0.493 e. The molecule has 13 nitrogen and oxygen atoms in total. The molecule has 234 valence electrons. The number of hydrogen-bond acceptors (Lipinski definition) is 10. The normalized spacial score (nSPS) is 15.4. The molecule has 2 aromatic heterocycles. The first-order chi connectivity index (χ1) is 21.4. The van der Waals surface area contributed by atoms with Crippen LogP contribution in [-0.4, -0.2) is 78.5 Å². The lowest BCUT2D eigenvalue weighted by Gasteiger charge is -2.34. The van der Waals surface area contributed by atoms with E-state index in [9.17, 15) is 14.7 Å². The van der Waals surface area contributed by atoms with Gasteiger partial charge in [0, 0.05) is 55.1 Å².